The molecular weight excluding hydrogens is 509 g/mol. The molecule has 1 atom stereocenters. The molecule has 1 amide bonds. The second-order valence-electron chi connectivity index (χ2n) is 8.98. The predicted molar refractivity (Wildman–Crippen MR) is 146 cm³/mol. The minimum absolute atomic E-state index is 0.0394. The Labute approximate surface area is 224 Å². The largest absolute Gasteiger partial charge is 0.467 e. The second kappa shape index (κ2) is 10.9. The number of fused-ring (bicyclic) bond motifs is 2. The fourth-order valence-electron chi connectivity index (χ4n) is 4.99. The molecule has 4 aromatic rings. The van der Waals surface area contributed by atoms with E-state index >= 15 is 4.39 Å². The molecule has 0 bridgehead atoms. The van der Waals surface area contributed by atoms with Crippen LogP contribution in [0.3, 0.4) is 0 Å². The van der Waals surface area contributed by atoms with Gasteiger partial charge in [-0.3, -0.25) is 9.78 Å². The number of anilines is 1. The summed E-state index contributed by atoms with van der Waals surface area (Å²) in [7, 11) is 3.07. The van der Waals surface area contributed by atoms with Gasteiger partial charge in [-0.25, -0.2) is 4.39 Å². The first-order chi connectivity index (χ1) is 18.5. The Balaban J connectivity index is 1.61. The van der Waals surface area contributed by atoms with Gasteiger partial charge in [-0.1, -0.05) is 48.5 Å². The number of methoxy groups -OCH3 is 2. The Morgan fingerprint density at radius 1 is 1.21 bits per heavy atom. The summed E-state index contributed by atoms with van der Waals surface area (Å²) in [4.78, 5) is 29.7. The lowest BCUT2D eigenvalue weighted by Crippen LogP contribution is -2.55. The molecule has 196 valence electrons. The zero-order chi connectivity index (χ0) is 26.8. The van der Waals surface area contributed by atoms with Crippen molar-refractivity contribution in [2.45, 2.75) is 12.5 Å². The average Bonchev–Trinajstić information content (AvgIpc) is 2.95. The van der Waals surface area contributed by atoms with Gasteiger partial charge in [0, 0.05) is 55.5 Å². The number of hydrogen-bond acceptors (Lipinski definition) is 7. The lowest BCUT2D eigenvalue weighted by atomic mass is 10.0. The van der Waals surface area contributed by atoms with Crippen molar-refractivity contribution in [3.8, 4) is 17.3 Å². The van der Waals surface area contributed by atoms with Crippen LogP contribution in [0.1, 0.15) is 6.42 Å². The third-order valence-corrected chi connectivity index (χ3v) is 7.15. The molecule has 0 radical (unpaired) electrons. The van der Waals surface area contributed by atoms with Crippen molar-refractivity contribution in [3.63, 3.8) is 0 Å². The Bertz CT molecular complexity index is 1530. The minimum atomic E-state index is -0.590. The molecule has 1 aliphatic rings. The number of amides is 1. The maximum absolute atomic E-state index is 16.2. The van der Waals surface area contributed by atoms with Crippen molar-refractivity contribution in [2.75, 3.05) is 45.4 Å². The number of ether oxygens (including phenoxy) is 2. The molecule has 1 aliphatic heterocycles. The summed E-state index contributed by atoms with van der Waals surface area (Å²) < 4.78 is 26.8. The van der Waals surface area contributed by atoms with Gasteiger partial charge < -0.3 is 19.3 Å². The number of carbonyl (C=O) groups excluding carboxylic acids is 1. The van der Waals surface area contributed by atoms with Gasteiger partial charge in [0.1, 0.15) is 17.0 Å². The lowest BCUT2D eigenvalue weighted by molar-refractivity contribution is -0.129. The van der Waals surface area contributed by atoms with Crippen molar-refractivity contribution in [2.24, 2.45) is 0 Å². The highest BCUT2D eigenvalue weighted by Crippen LogP contribution is 2.37. The van der Waals surface area contributed by atoms with E-state index in [9.17, 15) is 4.79 Å². The molecule has 0 N–H and O–H groups in total. The zero-order valence-electron chi connectivity index (χ0n) is 21.2. The third kappa shape index (κ3) is 4.63. The number of nitrogens with zero attached hydrogens (tertiary/aromatic N) is 5. The van der Waals surface area contributed by atoms with Crippen LogP contribution in [0.5, 0.6) is 6.01 Å². The smallest absolute Gasteiger partial charge is 0.318 e. The van der Waals surface area contributed by atoms with Crippen LogP contribution in [0.15, 0.2) is 55.3 Å². The maximum atomic E-state index is 16.2. The summed E-state index contributed by atoms with van der Waals surface area (Å²) in [5, 5.41) is 2.56. The van der Waals surface area contributed by atoms with Gasteiger partial charge in [0.05, 0.1) is 18.5 Å². The molecule has 1 fully saturated rings. The quantitative estimate of drug-likeness (QED) is 0.312. The van der Waals surface area contributed by atoms with E-state index in [1.165, 1.54) is 13.2 Å². The molecule has 10 heteroatoms. The fourth-order valence-corrected chi connectivity index (χ4v) is 5.27. The maximum Gasteiger partial charge on any atom is 0.318 e. The summed E-state index contributed by atoms with van der Waals surface area (Å²) in [6, 6.07) is 11.0. The highest BCUT2D eigenvalue weighted by Gasteiger charge is 2.31. The van der Waals surface area contributed by atoms with E-state index in [0.29, 0.717) is 59.8 Å². The van der Waals surface area contributed by atoms with Crippen LogP contribution < -0.4 is 9.64 Å². The first-order valence-electron chi connectivity index (χ1n) is 12.2. The fraction of sp³-hybridized carbons (Fsp3) is 0.286. The van der Waals surface area contributed by atoms with Crippen LogP contribution in [0.2, 0.25) is 5.02 Å². The van der Waals surface area contributed by atoms with Gasteiger partial charge in [0.15, 0.2) is 5.82 Å². The van der Waals surface area contributed by atoms with Gasteiger partial charge in [-0.15, -0.1) is 0 Å². The topological polar surface area (TPSA) is 80.7 Å². The van der Waals surface area contributed by atoms with Gasteiger partial charge in [0.25, 0.3) is 0 Å². The number of benzene rings is 2. The standard InChI is InChI=1S/C28H27ClFN5O3/c1-4-22(36)35-13-12-34(16-18(35)11-14-37-2)27-20-15-31-25(24(30)26(20)32-28(33-27)38-3)19-9-5-7-17-8-6-10-21(29)23(17)19/h4-10,15,18H,1,11-14,16H2,2-3H3. The Morgan fingerprint density at radius 3 is 2.74 bits per heavy atom. The van der Waals surface area contributed by atoms with Gasteiger partial charge >= 0.3 is 6.01 Å². The van der Waals surface area contributed by atoms with Crippen LogP contribution in [0.25, 0.3) is 32.9 Å². The Kier molecular flexibility index (Phi) is 7.40. The minimum Gasteiger partial charge on any atom is -0.467 e. The van der Waals surface area contributed by atoms with Crippen molar-refractivity contribution in [1.82, 2.24) is 19.9 Å². The van der Waals surface area contributed by atoms with E-state index in [-0.39, 0.29) is 29.2 Å². The van der Waals surface area contributed by atoms with E-state index in [2.05, 4.69) is 21.5 Å². The molecule has 0 spiro atoms. The van der Waals surface area contributed by atoms with Crippen LogP contribution in [-0.2, 0) is 9.53 Å². The number of pyridine rings is 1. The first kappa shape index (κ1) is 25.8. The summed E-state index contributed by atoms with van der Waals surface area (Å²) in [5.41, 5.74) is 0.809. The Morgan fingerprint density at radius 2 is 2.00 bits per heavy atom. The van der Waals surface area contributed by atoms with Crippen molar-refractivity contribution in [1.29, 1.82) is 0 Å². The van der Waals surface area contributed by atoms with Crippen molar-refractivity contribution < 1.29 is 18.7 Å². The Hall–Kier alpha value is -3.82. The summed E-state index contributed by atoms with van der Waals surface area (Å²) in [6.07, 6.45) is 3.54. The monoisotopic (exact) mass is 535 g/mol. The molecule has 0 aliphatic carbocycles. The summed E-state index contributed by atoms with van der Waals surface area (Å²) >= 11 is 6.51. The first-order valence-corrected chi connectivity index (χ1v) is 12.6. The number of carbonyl (C=O) groups is 1. The molecule has 8 nitrogen and oxygen atoms in total. The third-order valence-electron chi connectivity index (χ3n) is 6.83. The van der Waals surface area contributed by atoms with Gasteiger partial charge in [0.2, 0.25) is 5.91 Å². The van der Waals surface area contributed by atoms with Crippen LogP contribution in [0, 0.1) is 5.82 Å². The molecule has 38 heavy (non-hydrogen) atoms. The van der Waals surface area contributed by atoms with E-state index in [1.54, 1.807) is 30.3 Å². The molecule has 5 rings (SSSR count). The molecule has 1 unspecified atom stereocenters. The van der Waals surface area contributed by atoms with Gasteiger partial charge in [-0.05, 0) is 23.9 Å². The van der Waals surface area contributed by atoms with E-state index < -0.39 is 5.82 Å². The van der Waals surface area contributed by atoms with Gasteiger partial charge in [-0.2, -0.15) is 9.97 Å². The molecule has 1 saturated heterocycles. The SMILES string of the molecule is C=CC(=O)N1CCN(c2nc(OC)nc3c(F)c(-c4cccc5cccc(Cl)c45)ncc23)CC1CCOC. The van der Waals surface area contributed by atoms with Crippen molar-refractivity contribution in [3.05, 3.63) is 66.1 Å². The molecular formula is C28H27ClFN5O3. The van der Waals surface area contributed by atoms with Crippen molar-refractivity contribution >= 4 is 45.0 Å². The van der Waals surface area contributed by atoms with Crippen LogP contribution in [-0.4, -0.2) is 72.3 Å². The summed E-state index contributed by atoms with van der Waals surface area (Å²) in [5.74, 6) is -0.232. The lowest BCUT2D eigenvalue weighted by Gasteiger charge is -2.41. The number of piperazine rings is 1. The average molecular weight is 536 g/mol. The van der Waals surface area contributed by atoms with E-state index in [1.807, 2.05) is 29.2 Å². The molecule has 0 saturated carbocycles. The highest BCUT2D eigenvalue weighted by molar-refractivity contribution is 6.36. The van der Waals surface area contributed by atoms with Crippen LogP contribution >= 0.6 is 11.6 Å². The number of hydrogen-bond donors (Lipinski definition) is 0. The normalized spacial score (nSPS) is 15.7. The van der Waals surface area contributed by atoms with E-state index in [0.717, 1.165) is 5.39 Å². The predicted octanol–water partition coefficient (Wildman–Crippen LogP) is 4.89. The molecule has 3 heterocycles. The second-order valence-corrected chi connectivity index (χ2v) is 9.38. The summed E-state index contributed by atoms with van der Waals surface area (Å²) in [6.45, 7) is 5.53. The highest BCUT2D eigenvalue weighted by atomic mass is 35.5. The number of aromatic nitrogens is 3. The van der Waals surface area contributed by atoms with E-state index in [4.69, 9.17) is 21.1 Å². The molecule has 2 aromatic carbocycles. The zero-order valence-corrected chi connectivity index (χ0v) is 21.9. The number of halogens is 2. The number of rotatable bonds is 7. The van der Waals surface area contributed by atoms with Crippen LogP contribution in [0.4, 0.5) is 10.2 Å². The molecule has 2 aromatic heterocycles.